The third-order valence-electron chi connectivity index (χ3n) is 5.05. The number of piperazine rings is 1. The SMILES string of the molecule is CS(=O)(=O)N1CCN(c2nc(Nc3cccc(C(F)(F)F)c3)c3c(=O)[nH]ccc3n2)CC1. The topological polar surface area (TPSA) is 111 Å². The Hall–Kier alpha value is -3.19. The summed E-state index contributed by atoms with van der Waals surface area (Å²) in [5.41, 5.74) is -0.924. The molecule has 1 saturated heterocycles. The summed E-state index contributed by atoms with van der Waals surface area (Å²) in [6.07, 6.45) is -1.97. The van der Waals surface area contributed by atoms with Crippen molar-refractivity contribution in [1.82, 2.24) is 19.3 Å². The van der Waals surface area contributed by atoms with Crippen LogP contribution >= 0.6 is 0 Å². The fourth-order valence-corrected chi connectivity index (χ4v) is 4.27. The van der Waals surface area contributed by atoms with E-state index in [1.807, 2.05) is 0 Å². The van der Waals surface area contributed by atoms with Crippen molar-refractivity contribution in [1.29, 1.82) is 0 Å². The van der Waals surface area contributed by atoms with Crippen LogP contribution in [0.4, 0.5) is 30.6 Å². The van der Waals surface area contributed by atoms with Gasteiger partial charge in [0.25, 0.3) is 5.56 Å². The second-order valence-electron chi connectivity index (χ2n) is 7.29. The van der Waals surface area contributed by atoms with E-state index in [0.717, 1.165) is 18.4 Å². The van der Waals surface area contributed by atoms with Crippen LogP contribution in [0, 0.1) is 0 Å². The van der Waals surface area contributed by atoms with Gasteiger partial charge in [0.15, 0.2) is 0 Å². The molecule has 9 nitrogen and oxygen atoms in total. The highest BCUT2D eigenvalue weighted by atomic mass is 32.2. The van der Waals surface area contributed by atoms with Gasteiger partial charge in [-0.1, -0.05) is 6.07 Å². The molecule has 1 aromatic carbocycles. The molecule has 0 spiro atoms. The Morgan fingerprint density at radius 3 is 2.47 bits per heavy atom. The van der Waals surface area contributed by atoms with Crippen molar-refractivity contribution in [2.24, 2.45) is 0 Å². The van der Waals surface area contributed by atoms with E-state index in [2.05, 4.69) is 20.3 Å². The number of benzene rings is 1. The second-order valence-corrected chi connectivity index (χ2v) is 9.27. The van der Waals surface area contributed by atoms with Gasteiger partial charge < -0.3 is 15.2 Å². The Bertz CT molecular complexity index is 1320. The number of nitrogens with zero attached hydrogens (tertiary/aromatic N) is 4. The summed E-state index contributed by atoms with van der Waals surface area (Å²) in [4.78, 5) is 25.5. The number of anilines is 3. The number of aromatic nitrogens is 3. The molecule has 2 N–H and O–H groups in total. The molecule has 0 saturated carbocycles. The van der Waals surface area contributed by atoms with E-state index < -0.39 is 27.3 Å². The smallest absolute Gasteiger partial charge is 0.339 e. The number of hydrogen-bond acceptors (Lipinski definition) is 7. The number of H-pyrrole nitrogens is 1. The fraction of sp³-hybridized carbons (Fsp3) is 0.316. The molecule has 13 heteroatoms. The average molecular weight is 468 g/mol. The Kier molecular flexibility index (Phi) is 5.54. The van der Waals surface area contributed by atoms with Crippen molar-refractivity contribution >= 4 is 38.4 Å². The van der Waals surface area contributed by atoms with Crippen LogP contribution in [0.3, 0.4) is 0 Å². The molecule has 0 aliphatic carbocycles. The van der Waals surface area contributed by atoms with Crippen molar-refractivity contribution in [2.45, 2.75) is 6.18 Å². The number of alkyl halides is 3. The average Bonchev–Trinajstić information content (AvgIpc) is 2.73. The monoisotopic (exact) mass is 468 g/mol. The van der Waals surface area contributed by atoms with Gasteiger partial charge >= 0.3 is 6.18 Å². The Morgan fingerprint density at radius 1 is 1.09 bits per heavy atom. The molecule has 0 atom stereocenters. The number of hydrogen-bond donors (Lipinski definition) is 2. The van der Waals surface area contributed by atoms with Gasteiger partial charge in [-0.05, 0) is 24.3 Å². The Morgan fingerprint density at radius 2 is 1.81 bits per heavy atom. The molecule has 1 fully saturated rings. The summed E-state index contributed by atoms with van der Waals surface area (Å²) in [6, 6.07) is 6.12. The molecule has 0 amide bonds. The predicted octanol–water partition coefficient (Wildman–Crippen LogP) is 2.16. The number of nitrogens with one attached hydrogen (secondary N) is 2. The summed E-state index contributed by atoms with van der Waals surface area (Å²) >= 11 is 0. The maximum Gasteiger partial charge on any atom is 0.416 e. The minimum atomic E-state index is -4.52. The van der Waals surface area contributed by atoms with Gasteiger partial charge in [0.2, 0.25) is 16.0 Å². The molecular formula is C19H19F3N6O3S. The summed E-state index contributed by atoms with van der Waals surface area (Å²) in [5.74, 6) is 0.294. The van der Waals surface area contributed by atoms with Gasteiger partial charge in [-0.2, -0.15) is 22.5 Å². The summed E-state index contributed by atoms with van der Waals surface area (Å²) in [7, 11) is -3.32. The van der Waals surface area contributed by atoms with Gasteiger partial charge in [-0.25, -0.2) is 13.4 Å². The lowest BCUT2D eigenvalue weighted by atomic mass is 10.2. The van der Waals surface area contributed by atoms with E-state index in [9.17, 15) is 26.4 Å². The zero-order valence-corrected chi connectivity index (χ0v) is 17.7. The van der Waals surface area contributed by atoms with Crippen LogP contribution in [0.1, 0.15) is 5.56 Å². The first-order chi connectivity index (χ1) is 15.0. The highest BCUT2D eigenvalue weighted by molar-refractivity contribution is 7.88. The molecule has 3 aromatic rings. The largest absolute Gasteiger partial charge is 0.416 e. The first-order valence-corrected chi connectivity index (χ1v) is 11.4. The van der Waals surface area contributed by atoms with Gasteiger partial charge in [0.05, 0.1) is 17.3 Å². The van der Waals surface area contributed by atoms with E-state index in [0.29, 0.717) is 18.6 Å². The van der Waals surface area contributed by atoms with Gasteiger partial charge in [0, 0.05) is 38.1 Å². The van der Waals surface area contributed by atoms with Crippen molar-refractivity contribution < 1.29 is 21.6 Å². The molecule has 3 heterocycles. The molecule has 1 aliphatic heterocycles. The normalized spacial score (nSPS) is 15.8. The first kappa shape index (κ1) is 22.0. The number of sulfonamides is 1. The van der Waals surface area contributed by atoms with Crippen LogP contribution in [-0.4, -0.2) is 60.1 Å². The van der Waals surface area contributed by atoms with E-state index in [-0.39, 0.29) is 35.9 Å². The Labute approximate surface area is 181 Å². The van der Waals surface area contributed by atoms with Crippen molar-refractivity contribution in [2.75, 3.05) is 42.7 Å². The maximum absolute atomic E-state index is 13.1. The summed E-state index contributed by atoms with van der Waals surface area (Å²) in [6.45, 7) is 1.13. The standard InChI is InChI=1S/C19H19F3N6O3S/c1-32(30,31)28-9-7-27(8-10-28)18-25-14-5-6-23-17(29)15(14)16(26-18)24-13-4-2-3-12(11-13)19(20,21)22/h2-6,11H,7-10H2,1H3,(H,23,29)(H,24,25,26). The molecule has 170 valence electrons. The summed E-state index contributed by atoms with van der Waals surface area (Å²) in [5, 5.41) is 2.91. The van der Waals surface area contributed by atoms with E-state index in [1.54, 1.807) is 11.0 Å². The van der Waals surface area contributed by atoms with Gasteiger partial charge in [-0.15, -0.1) is 0 Å². The van der Waals surface area contributed by atoms with E-state index in [1.165, 1.54) is 22.6 Å². The molecule has 0 bridgehead atoms. The molecule has 2 aromatic heterocycles. The van der Waals surface area contributed by atoms with E-state index >= 15 is 0 Å². The van der Waals surface area contributed by atoms with Gasteiger partial charge in [0.1, 0.15) is 11.2 Å². The van der Waals surface area contributed by atoms with Crippen molar-refractivity contribution in [3.05, 3.63) is 52.4 Å². The van der Waals surface area contributed by atoms with Crippen LogP contribution in [0.5, 0.6) is 0 Å². The zero-order valence-electron chi connectivity index (χ0n) is 16.8. The minimum absolute atomic E-state index is 0.0525. The molecular weight excluding hydrogens is 449 g/mol. The number of rotatable bonds is 4. The lowest BCUT2D eigenvalue weighted by Crippen LogP contribution is -2.48. The first-order valence-electron chi connectivity index (χ1n) is 9.56. The fourth-order valence-electron chi connectivity index (χ4n) is 3.44. The quantitative estimate of drug-likeness (QED) is 0.604. The summed E-state index contributed by atoms with van der Waals surface area (Å²) < 4.78 is 64.1. The second kappa shape index (κ2) is 8.06. The number of halogens is 3. The van der Waals surface area contributed by atoms with Crippen molar-refractivity contribution in [3.63, 3.8) is 0 Å². The minimum Gasteiger partial charge on any atom is -0.339 e. The molecule has 0 radical (unpaired) electrons. The van der Waals surface area contributed by atoms with Crippen molar-refractivity contribution in [3.8, 4) is 0 Å². The van der Waals surface area contributed by atoms with Crippen LogP contribution in [-0.2, 0) is 16.2 Å². The molecule has 1 aliphatic rings. The Balaban J connectivity index is 1.72. The van der Waals surface area contributed by atoms with Crippen LogP contribution < -0.4 is 15.8 Å². The maximum atomic E-state index is 13.1. The molecule has 32 heavy (non-hydrogen) atoms. The van der Waals surface area contributed by atoms with E-state index in [4.69, 9.17) is 0 Å². The highest BCUT2D eigenvalue weighted by Gasteiger charge is 2.30. The van der Waals surface area contributed by atoms with Crippen LogP contribution in [0.25, 0.3) is 10.9 Å². The number of fused-ring (bicyclic) bond motifs is 1. The number of aromatic amines is 1. The molecule has 4 rings (SSSR count). The third kappa shape index (κ3) is 4.53. The lowest BCUT2D eigenvalue weighted by molar-refractivity contribution is -0.137. The lowest BCUT2D eigenvalue weighted by Gasteiger charge is -2.33. The van der Waals surface area contributed by atoms with Crippen LogP contribution in [0.2, 0.25) is 0 Å². The van der Waals surface area contributed by atoms with Gasteiger partial charge in [-0.3, -0.25) is 4.79 Å². The predicted molar refractivity (Wildman–Crippen MR) is 114 cm³/mol. The highest BCUT2D eigenvalue weighted by Crippen LogP contribution is 2.32. The number of pyridine rings is 1. The zero-order chi connectivity index (χ0) is 23.1. The third-order valence-corrected chi connectivity index (χ3v) is 6.35. The van der Waals surface area contributed by atoms with Crippen LogP contribution in [0.15, 0.2) is 41.3 Å². The molecule has 0 unspecified atom stereocenters.